The third kappa shape index (κ3) is 3.89. The molecule has 122 valence electrons. The fraction of sp³-hybridized carbons (Fsp3) is 0.812. The van der Waals surface area contributed by atoms with Gasteiger partial charge in [-0.3, -0.25) is 4.79 Å². The van der Waals surface area contributed by atoms with Crippen molar-refractivity contribution in [2.45, 2.75) is 58.9 Å². The minimum absolute atomic E-state index is 0.0785. The average molecular weight is 313 g/mol. The predicted molar refractivity (Wildman–Crippen MR) is 90.6 cm³/mol. The van der Waals surface area contributed by atoms with E-state index < -0.39 is 13.7 Å². The van der Waals surface area contributed by atoms with Crippen LogP contribution in [0.15, 0.2) is 11.9 Å². The van der Waals surface area contributed by atoms with Gasteiger partial charge in [0.1, 0.15) is 0 Å². The molecule has 1 N–H and O–H groups in total. The van der Waals surface area contributed by atoms with Crippen LogP contribution in [0.1, 0.15) is 34.6 Å². The first-order valence-electron chi connectivity index (χ1n) is 7.64. The maximum absolute atomic E-state index is 12.7. The number of hydrogen-bond acceptors (Lipinski definition) is 4. The van der Waals surface area contributed by atoms with E-state index >= 15 is 0 Å². The molecule has 0 aliphatic carbocycles. The van der Waals surface area contributed by atoms with Gasteiger partial charge in [-0.25, -0.2) is 0 Å². The lowest BCUT2D eigenvalue weighted by molar-refractivity contribution is -0.131. The van der Waals surface area contributed by atoms with Gasteiger partial charge < -0.3 is 14.6 Å². The topological polar surface area (TPSA) is 41.6 Å². The smallest absolute Gasteiger partial charge is 0.192 e. The largest absolute Gasteiger partial charge is 0.411 e. The third-order valence-corrected chi connectivity index (χ3v) is 9.23. The fourth-order valence-electron chi connectivity index (χ4n) is 2.12. The number of allylic oxidation sites excluding steroid dienone is 1. The summed E-state index contributed by atoms with van der Waals surface area (Å²) in [5.74, 6) is 0.131. The van der Waals surface area contributed by atoms with Crippen molar-refractivity contribution in [2.75, 3.05) is 20.6 Å². The monoisotopic (exact) mass is 312 g/mol. The molecule has 5 heteroatoms. The zero-order valence-corrected chi connectivity index (χ0v) is 16.1. The lowest BCUT2D eigenvalue weighted by Gasteiger charge is -2.46. The van der Waals surface area contributed by atoms with E-state index in [-0.39, 0.29) is 16.9 Å². The van der Waals surface area contributed by atoms with Crippen LogP contribution in [0.25, 0.3) is 0 Å². The number of carbonyl (C=O) groups is 1. The number of nitrogens with zero attached hydrogens (tertiary/aromatic N) is 1. The Morgan fingerprint density at radius 2 is 1.86 bits per heavy atom. The average Bonchev–Trinajstić information content (AvgIpc) is 2.27. The van der Waals surface area contributed by atoms with Crippen LogP contribution in [0.4, 0.5) is 0 Å². The minimum Gasteiger partial charge on any atom is -0.411 e. The predicted octanol–water partition coefficient (Wildman–Crippen LogP) is 2.98. The van der Waals surface area contributed by atoms with Gasteiger partial charge in [-0.2, -0.15) is 0 Å². The number of nitrogens with one attached hydrogen (secondary N) is 1. The van der Waals surface area contributed by atoms with Crippen molar-refractivity contribution in [1.82, 2.24) is 10.2 Å². The van der Waals surface area contributed by atoms with Crippen molar-refractivity contribution in [2.24, 2.45) is 5.41 Å². The molecule has 0 radical (unpaired) electrons. The van der Waals surface area contributed by atoms with Gasteiger partial charge in [0.2, 0.25) is 0 Å². The quantitative estimate of drug-likeness (QED) is 0.642. The van der Waals surface area contributed by atoms with E-state index in [9.17, 15) is 4.79 Å². The van der Waals surface area contributed by atoms with E-state index in [1.54, 1.807) is 0 Å². The second-order valence-corrected chi connectivity index (χ2v) is 13.1. The molecule has 1 atom stereocenters. The highest BCUT2D eigenvalue weighted by Crippen LogP contribution is 2.41. The van der Waals surface area contributed by atoms with Crippen LogP contribution < -0.4 is 5.32 Å². The van der Waals surface area contributed by atoms with Crippen molar-refractivity contribution >= 4 is 14.1 Å². The Morgan fingerprint density at radius 3 is 2.29 bits per heavy atom. The lowest BCUT2D eigenvalue weighted by atomic mass is 9.78. The van der Waals surface area contributed by atoms with E-state index in [0.29, 0.717) is 12.2 Å². The molecule has 0 aromatic heterocycles. The number of carbonyl (C=O) groups excluding carboxylic acids is 1. The zero-order chi connectivity index (χ0) is 16.6. The number of Topliss-reactive ketones (excluding diaryl/α,β-unsaturated/α-hetero) is 1. The molecule has 0 spiro atoms. The number of rotatable bonds is 3. The molecule has 1 aliphatic rings. The van der Waals surface area contributed by atoms with Gasteiger partial charge in [-0.15, -0.1) is 0 Å². The highest BCUT2D eigenvalue weighted by molar-refractivity contribution is 6.74. The molecule has 4 nitrogen and oxygen atoms in total. The SMILES string of the molecule is CN(C)/C=C1/NCC(O[Si](C)(C)C(C)(C)C)C(C)(C)C1=O. The highest BCUT2D eigenvalue weighted by atomic mass is 28.4. The summed E-state index contributed by atoms with van der Waals surface area (Å²) in [6, 6.07) is 0. The van der Waals surface area contributed by atoms with Crippen LogP contribution in [0.3, 0.4) is 0 Å². The van der Waals surface area contributed by atoms with Gasteiger partial charge in [-0.05, 0) is 32.0 Å². The van der Waals surface area contributed by atoms with Crippen molar-refractivity contribution in [3.8, 4) is 0 Å². The second-order valence-electron chi connectivity index (χ2n) is 8.30. The number of piperidine rings is 1. The molecular formula is C16H32N2O2Si. The molecule has 21 heavy (non-hydrogen) atoms. The molecule has 1 fully saturated rings. The standard InChI is InChI=1S/C16H32N2O2Si/c1-15(2,3)21(8,9)20-13-10-17-12(11-18(6)7)14(19)16(13,4)5/h11,13,17H,10H2,1-9H3/b12-11+. The van der Waals surface area contributed by atoms with E-state index in [0.717, 1.165) is 0 Å². The molecule has 0 bridgehead atoms. The summed E-state index contributed by atoms with van der Waals surface area (Å²) in [4.78, 5) is 14.6. The number of ketones is 1. The Kier molecular flexibility index (Phi) is 5.00. The Balaban J connectivity index is 2.97. The van der Waals surface area contributed by atoms with Crippen molar-refractivity contribution in [3.63, 3.8) is 0 Å². The lowest BCUT2D eigenvalue weighted by Crippen LogP contribution is -2.57. The van der Waals surface area contributed by atoms with Crippen LogP contribution in [0.5, 0.6) is 0 Å². The fourth-order valence-corrected chi connectivity index (χ4v) is 3.56. The normalized spacial score (nSPS) is 24.9. The molecule has 1 saturated heterocycles. The Morgan fingerprint density at radius 1 is 1.33 bits per heavy atom. The summed E-state index contributed by atoms with van der Waals surface area (Å²) < 4.78 is 6.50. The van der Waals surface area contributed by atoms with Gasteiger partial charge in [-0.1, -0.05) is 20.8 Å². The molecule has 1 rings (SSSR count). The van der Waals surface area contributed by atoms with Crippen molar-refractivity contribution in [3.05, 3.63) is 11.9 Å². The van der Waals surface area contributed by atoms with Gasteiger partial charge in [0, 0.05) is 26.8 Å². The van der Waals surface area contributed by atoms with Crippen LogP contribution in [0, 0.1) is 5.41 Å². The minimum atomic E-state index is -1.89. The van der Waals surface area contributed by atoms with Gasteiger partial charge >= 0.3 is 0 Å². The van der Waals surface area contributed by atoms with Crippen molar-refractivity contribution in [1.29, 1.82) is 0 Å². The Bertz CT molecular complexity index is 434. The summed E-state index contributed by atoms with van der Waals surface area (Å²) in [5, 5.41) is 3.39. The number of hydrogen-bond donors (Lipinski definition) is 1. The molecule has 0 amide bonds. The first kappa shape index (κ1) is 18.2. The molecule has 0 aromatic carbocycles. The van der Waals surface area contributed by atoms with Crippen LogP contribution >= 0.6 is 0 Å². The maximum atomic E-state index is 12.7. The summed E-state index contributed by atoms with van der Waals surface area (Å²) >= 11 is 0. The first-order valence-corrected chi connectivity index (χ1v) is 10.5. The first-order chi connectivity index (χ1) is 9.29. The van der Waals surface area contributed by atoms with E-state index in [4.69, 9.17) is 4.43 Å². The molecule has 0 aromatic rings. The Labute approximate surface area is 131 Å². The molecular weight excluding hydrogens is 280 g/mol. The summed E-state index contributed by atoms with van der Waals surface area (Å²) in [6.45, 7) is 15.8. The molecule has 1 aliphatic heterocycles. The molecule has 1 heterocycles. The summed E-state index contributed by atoms with van der Waals surface area (Å²) in [5.41, 5.74) is 0.183. The van der Waals surface area contributed by atoms with Crippen LogP contribution in [-0.4, -0.2) is 45.7 Å². The van der Waals surface area contributed by atoms with Gasteiger partial charge in [0.15, 0.2) is 14.1 Å². The summed E-state index contributed by atoms with van der Waals surface area (Å²) in [7, 11) is 1.96. The maximum Gasteiger partial charge on any atom is 0.192 e. The zero-order valence-electron chi connectivity index (χ0n) is 15.1. The van der Waals surface area contributed by atoms with E-state index in [1.807, 2.05) is 39.0 Å². The van der Waals surface area contributed by atoms with Crippen LogP contribution in [0.2, 0.25) is 18.1 Å². The third-order valence-electron chi connectivity index (χ3n) is 4.74. The molecule has 1 unspecified atom stereocenters. The molecule has 0 saturated carbocycles. The van der Waals surface area contributed by atoms with Gasteiger partial charge in [0.25, 0.3) is 0 Å². The van der Waals surface area contributed by atoms with Gasteiger partial charge in [0.05, 0.1) is 17.2 Å². The van der Waals surface area contributed by atoms with Crippen LogP contribution in [-0.2, 0) is 9.22 Å². The van der Waals surface area contributed by atoms with E-state index in [1.165, 1.54) is 0 Å². The second kappa shape index (κ2) is 5.76. The van der Waals surface area contributed by atoms with Crippen molar-refractivity contribution < 1.29 is 9.22 Å². The van der Waals surface area contributed by atoms with E-state index in [2.05, 4.69) is 39.2 Å². The highest BCUT2D eigenvalue weighted by Gasteiger charge is 2.48. The summed E-state index contributed by atoms with van der Waals surface area (Å²) in [6.07, 6.45) is 1.78. The Hall–Kier alpha value is -0.813.